The molecule has 0 saturated carbocycles. The van der Waals surface area contributed by atoms with Crippen molar-refractivity contribution in [3.05, 3.63) is 29.8 Å². The van der Waals surface area contributed by atoms with Crippen LogP contribution in [-0.4, -0.2) is 24.8 Å². The number of hydrogen-bond donors (Lipinski definition) is 0. The van der Waals surface area contributed by atoms with Crippen LogP contribution in [0.5, 0.6) is 0 Å². The molecule has 86 valence electrons. The first-order valence-corrected chi connectivity index (χ1v) is 5.68. The molecule has 2 heterocycles. The summed E-state index contributed by atoms with van der Waals surface area (Å²) in [5, 5.41) is 12.1. The summed E-state index contributed by atoms with van der Waals surface area (Å²) in [5.74, 6) is 0. The van der Waals surface area contributed by atoms with Crippen LogP contribution in [0.3, 0.4) is 0 Å². The molecule has 1 unspecified atom stereocenters. The van der Waals surface area contributed by atoms with Crippen molar-refractivity contribution in [3.63, 3.8) is 0 Å². The first-order valence-electron chi connectivity index (χ1n) is 5.24. The highest BCUT2D eigenvalue weighted by molar-refractivity contribution is 6.20. The van der Waals surface area contributed by atoms with Crippen LogP contribution in [0.4, 0.5) is 0 Å². The van der Waals surface area contributed by atoms with E-state index in [0.717, 1.165) is 17.8 Å². The SMILES string of the molecule is CCn1cc(Cn2cc(C(C)Cl)nn2)cn1. The molecule has 0 radical (unpaired) electrons. The van der Waals surface area contributed by atoms with Gasteiger partial charge in [0.15, 0.2) is 0 Å². The van der Waals surface area contributed by atoms with Gasteiger partial charge in [-0.1, -0.05) is 5.21 Å². The number of hydrogen-bond acceptors (Lipinski definition) is 3. The summed E-state index contributed by atoms with van der Waals surface area (Å²) < 4.78 is 3.66. The van der Waals surface area contributed by atoms with Gasteiger partial charge in [0.05, 0.1) is 24.3 Å². The first kappa shape index (κ1) is 11.1. The second kappa shape index (κ2) is 4.65. The Kier molecular flexibility index (Phi) is 3.24. The minimum Gasteiger partial charge on any atom is -0.273 e. The molecule has 16 heavy (non-hydrogen) atoms. The van der Waals surface area contributed by atoms with E-state index in [4.69, 9.17) is 11.6 Å². The molecule has 0 aliphatic rings. The maximum Gasteiger partial charge on any atom is 0.100 e. The summed E-state index contributed by atoms with van der Waals surface area (Å²) in [5.41, 5.74) is 1.91. The monoisotopic (exact) mass is 239 g/mol. The maximum atomic E-state index is 5.91. The van der Waals surface area contributed by atoms with Gasteiger partial charge >= 0.3 is 0 Å². The smallest absolute Gasteiger partial charge is 0.100 e. The van der Waals surface area contributed by atoms with Crippen molar-refractivity contribution >= 4 is 11.6 Å². The van der Waals surface area contributed by atoms with Crippen molar-refractivity contribution < 1.29 is 0 Å². The highest BCUT2D eigenvalue weighted by Crippen LogP contribution is 2.15. The van der Waals surface area contributed by atoms with E-state index in [9.17, 15) is 0 Å². The maximum absolute atomic E-state index is 5.91. The van der Waals surface area contributed by atoms with Crippen molar-refractivity contribution in [2.45, 2.75) is 32.3 Å². The summed E-state index contributed by atoms with van der Waals surface area (Å²) in [6.07, 6.45) is 5.71. The van der Waals surface area contributed by atoms with Crippen molar-refractivity contribution in [1.29, 1.82) is 0 Å². The molecule has 0 saturated heterocycles. The van der Waals surface area contributed by atoms with Gasteiger partial charge in [-0.15, -0.1) is 16.7 Å². The minimum absolute atomic E-state index is 0.105. The third-order valence-corrected chi connectivity index (χ3v) is 2.54. The highest BCUT2D eigenvalue weighted by Gasteiger charge is 2.07. The molecule has 0 aliphatic heterocycles. The Hall–Kier alpha value is -1.36. The van der Waals surface area contributed by atoms with Crippen molar-refractivity contribution in [2.24, 2.45) is 0 Å². The third-order valence-electron chi connectivity index (χ3n) is 2.32. The predicted octanol–water partition coefficient (Wildman–Crippen LogP) is 1.84. The Labute approximate surface area is 99.0 Å². The van der Waals surface area contributed by atoms with Crippen LogP contribution in [0.25, 0.3) is 0 Å². The van der Waals surface area contributed by atoms with E-state index in [1.807, 2.05) is 30.2 Å². The Morgan fingerprint density at radius 2 is 2.19 bits per heavy atom. The van der Waals surface area contributed by atoms with Crippen LogP contribution in [0.15, 0.2) is 18.6 Å². The fourth-order valence-electron chi connectivity index (χ4n) is 1.42. The standard InChI is InChI=1S/C10H14ClN5/c1-3-15-5-9(4-12-15)6-16-7-10(8(2)11)13-14-16/h4-5,7-8H,3,6H2,1-2H3. The predicted molar refractivity (Wildman–Crippen MR) is 61.3 cm³/mol. The number of aryl methyl sites for hydroxylation is 1. The van der Waals surface area contributed by atoms with Gasteiger partial charge in [-0.3, -0.25) is 4.68 Å². The summed E-state index contributed by atoms with van der Waals surface area (Å²) >= 11 is 5.91. The molecule has 0 amide bonds. The van der Waals surface area contributed by atoms with Gasteiger partial charge in [0.2, 0.25) is 0 Å². The second-order valence-corrected chi connectivity index (χ2v) is 4.32. The molecule has 2 aromatic rings. The van der Waals surface area contributed by atoms with E-state index in [-0.39, 0.29) is 5.38 Å². The van der Waals surface area contributed by atoms with Gasteiger partial charge in [0.25, 0.3) is 0 Å². The molecule has 6 heteroatoms. The minimum atomic E-state index is -0.105. The molecule has 1 atom stereocenters. The molecular weight excluding hydrogens is 226 g/mol. The van der Waals surface area contributed by atoms with Crippen molar-refractivity contribution in [1.82, 2.24) is 24.8 Å². The number of rotatable bonds is 4. The average Bonchev–Trinajstić information content (AvgIpc) is 2.87. The Morgan fingerprint density at radius 1 is 1.38 bits per heavy atom. The fraction of sp³-hybridized carbons (Fsp3) is 0.500. The van der Waals surface area contributed by atoms with Crippen molar-refractivity contribution in [2.75, 3.05) is 0 Å². The molecular formula is C10H14ClN5. The van der Waals surface area contributed by atoms with E-state index in [0.29, 0.717) is 6.54 Å². The molecule has 0 spiro atoms. The van der Waals surface area contributed by atoms with Gasteiger partial charge in [-0.25, -0.2) is 4.68 Å². The van der Waals surface area contributed by atoms with Gasteiger partial charge < -0.3 is 0 Å². The summed E-state index contributed by atoms with van der Waals surface area (Å²) in [6, 6.07) is 0. The van der Waals surface area contributed by atoms with E-state index in [1.54, 1.807) is 4.68 Å². The summed E-state index contributed by atoms with van der Waals surface area (Å²) in [4.78, 5) is 0. The lowest BCUT2D eigenvalue weighted by Gasteiger charge is -1.96. The number of alkyl halides is 1. The molecule has 5 nitrogen and oxygen atoms in total. The zero-order valence-electron chi connectivity index (χ0n) is 9.34. The average molecular weight is 240 g/mol. The molecule has 0 fully saturated rings. The van der Waals surface area contributed by atoms with Crippen LogP contribution >= 0.6 is 11.6 Å². The van der Waals surface area contributed by atoms with Crippen molar-refractivity contribution in [3.8, 4) is 0 Å². The first-order chi connectivity index (χ1) is 7.69. The number of aromatic nitrogens is 5. The zero-order chi connectivity index (χ0) is 11.5. The molecule has 0 aromatic carbocycles. The van der Waals surface area contributed by atoms with Crippen LogP contribution in [0, 0.1) is 0 Å². The second-order valence-electron chi connectivity index (χ2n) is 3.66. The lowest BCUT2D eigenvalue weighted by Crippen LogP contribution is -1.99. The highest BCUT2D eigenvalue weighted by atomic mass is 35.5. The quantitative estimate of drug-likeness (QED) is 0.765. The van der Waals surface area contributed by atoms with Crippen LogP contribution in [0.2, 0.25) is 0 Å². The van der Waals surface area contributed by atoms with Crippen LogP contribution in [0.1, 0.15) is 30.5 Å². The van der Waals surface area contributed by atoms with Gasteiger partial charge in [-0.2, -0.15) is 5.10 Å². The van der Waals surface area contributed by atoms with Gasteiger partial charge in [-0.05, 0) is 13.8 Å². The molecule has 0 aliphatic carbocycles. The lowest BCUT2D eigenvalue weighted by molar-refractivity contribution is 0.642. The number of halogens is 1. The molecule has 0 N–H and O–H groups in total. The normalized spacial score (nSPS) is 12.9. The zero-order valence-corrected chi connectivity index (χ0v) is 10.1. The Bertz CT molecular complexity index is 459. The van der Waals surface area contributed by atoms with E-state index >= 15 is 0 Å². The van der Waals surface area contributed by atoms with Gasteiger partial charge in [0.1, 0.15) is 5.69 Å². The Balaban J connectivity index is 2.08. The van der Waals surface area contributed by atoms with Crippen LogP contribution < -0.4 is 0 Å². The number of nitrogens with zero attached hydrogens (tertiary/aromatic N) is 5. The van der Waals surface area contributed by atoms with E-state index < -0.39 is 0 Å². The Morgan fingerprint density at radius 3 is 2.75 bits per heavy atom. The van der Waals surface area contributed by atoms with E-state index in [1.165, 1.54) is 0 Å². The largest absolute Gasteiger partial charge is 0.273 e. The molecule has 2 aromatic heterocycles. The third kappa shape index (κ3) is 2.41. The fourth-order valence-corrected chi connectivity index (χ4v) is 1.52. The molecule has 0 bridgehead atoms. The van der Waals surface area contributed by atoms with E-state index in [2.05, 4.69) is 22.3 Å². The topological polar surface area (TPSA) is 48.5 Å². The van der Waals surface area contributed by atoms with Gasteiger partial charge in [0, 0.05) is 18.3 Å². The molecule has 2 rings (SSSR count). The summed E-state index contributed by atoms with van der Waals surface area (Å²) in [7, 11) is 0. The van der Waals surface area contributed by atoms with Crippen LogP contribution in [-0.2, 0) is 13.1 Å². The lowest BCUT2D eigenvalue weighted by atomic mass is 10.3. The summed E-state index contributed by atoms with van der Waals surface area (Å²) in [6.45, 7) is 5.49.